The van der Waals surface area contributed by atoms with Gasteiger partial charge < -0.3 is 10.6 Å². The number of carbonyl (C=O) groups is 1. The second-order valence-corrected chi connectivity index (χ2v) is 5.55. The van der Waals surface area contributed by atoms with E-state index in [-0.39, 0.29) is 16.9 Å². The molecule has 1 aliphatic heterocycles. The van der Waals surface area contributed by atoms with Crippen LogP contribution in [0.4, 0.5) is 4.39 Å². The van der Waals surface area contributed by atoms with Gasteiger partial charge in [0.25, 0.3) is 5.91 Å². The van der Waals surface area contributed by atoms with Crippen molar-refractivity contribution in [3.63, 3.8) is 0 Å². The molecule has 1 aromatic rings. The molecule has 0 aromatic heterocycles. The van der Waals surface area contributed by atoms with Crippen LogP contribution >= 0.6 is 11.6 Å². The number of amides is 1. The van der Waals surface area contributed by atoms with Crippen molar-refractivity contribution in [3.8, 4) is 0 Å². The number of rotatable bonds is 2. The van der Waals surface area contributed by atoms with Crippen molar-refractivity contribution < 1.29 is 9.18 Å². The molecule has 1 heterocycles. The molecule has 1 fully saturated rings. The molecule has 0 aliphatic carbocycles. The molecule has 1 atom stereocenters. The molecule has 0 radical (unpaired) electrons. The van der Waals surface area contributed by atoms with Gasteiger partial charge in [-0.1, -0.05) is 18.5 Å². The number of hydrogen-bond acceptors (Lipinski definition) is 2. The van der Waals surface area contributed by atoms with E-state index in [0.29, 0.717) is 24.7 Å². The lowest BCUT2D eigenvalue weighted by Crippen LogP contribution is -2.34. The van der Waals surface area contributed by atoms with E-state index in [1.807, 2.05) is 6.92 Å². The van der Waals surface area contributed by atoms with E-state index >= 15 is 0 Å². The molecule has 3 nitrogen and oxygen atoms in total. The zero-order valence-electron chi connectivity index (χ0n) is 10.2. The Balaban J connectivity index is 2.20. The van der Waals surface area contributed by atoms with Gasteiger partial charge in [-0.2, -0.15) is 0 Å². The van der Waals surface area contributed by atoms with Crippen molar-refractivity contribution >= 4 is 17.5 Å². The molecule has 2 rings (SSSR count). The van der Waals surface area contributed by atoms with Gasteiger partial charge in [0.15, 0.2) is 0 Å². The van der Waals surface area contributed by atoms with Gasteiger partial charge in [-0.25, -0.2) is 4.39 Å². The first-order chi connectivity index (χ1) is 8.45. The SMILES string of the molecule is CC1(CN)CCN(C(=O)c2cc(Cl)ccc2F)C1. The van der Waals surface area contributed by atoms with Crippen LogP contribution in [0.3, 0.4) is 0 Å². The lowest BCUT2D eigenvalue weighted by molar-refractivity contribution is 0.0772. The van der Waals surface area contributed by atoms with E-state index in [1.165, 1.54) is 18.2 Å². The molecule has 1 amide bonds. The van der Waals surface area contributed by atoms with Gasteiger partial charge in [-0.15, -0.1) is 0 Å². The summed E-state index contributed by atoms with van der Waals surface area (Å²) in [5.74, 6) is -0.849. The van der Waals surface area contributed by atoms with Crippen molar-refractivity contribution in [1.29, 1.82) is 0 Å². The fraction of sp³-hybridized carbons (Fsp3) is 0.462. The molecule has 0 spiro atoms. The molecular formula is C13H16ClFN2O. The Kier molecular flexibility index (Phi) is 3.59. The van der Waals surface area contributed by atoms with E-state index < -0.39 is 5.82 Å². The number of hydrogen-bond donors (Lipinski definition) is 1. The fourth-order valence-corrected chi connectivity index (χ4v) is 2.37. The van der Waals surface area contributed by atoms with Crippen molar-refractivity contribution in [1.82, 2.24) is 4.90 Å². The zero-order chi connectivity index (χ0) is 13.3. The standard InChI is InChI=1S/C13H16ClFN2O/c1-13(7-16)4-5-17(8-13)12(18)10-6-9(14)2-3-11(10)15/h2-3,6H,4-5,7-8,16H2,1H3. The summed E-state index contributed by atoms with van der Waals surface area (Å²) in [6, 6.07) is 4.02. The number of nitrogens with zero attached hydrogens (tertiary/aromatic N) is 1. The smallest absolute Gasteiger partial charge is 0.256 e. The molecular weight excluding hydrogens is 255 g/mol. The molecule has 0 bridgehead atoms. The number of nitrogens with two attached hydrogens (primary N) is 1. The summed E-state index contributed by atoms with van der Waals surface area (Å²) < 4.78 is 13.6. The topological polar surface area (TPSA) is 46.3 Å². The molecule has 1 unspecified atom stereocenters. The highest BCUT2D eigenvalue weighted by Crippen LogP contribution is 2.30. The monoisotopic (exact) mass is 270 g/mol. The minimum atomic E-state index is -0.536. The predicted molar refractivity (Wildman–Crippen MR) is 69.1 cm³/mol. The minimum absolute atomic E-state index is 0.0313. The Bertz CT molecular complexity index is 480. The first-order valence-corrected chi connectivity index (χ1v) is 6.27. The van der Waals surface area contributed by atoms with Crippen LogP contribution in [-0.4, -0.2) is 30.4 Å². The van der Waals surface area contributed by atoms with Gasteiger partial charge in [0.1, 0.15) is 5.82 Å². The van der Waals surface area contributed by atoms with Gasteiger partial charge in [0, 0.05) is 18.1 Å². The summed E-state index contributed by atoms with van der Waals surface area (Å²) in [5.41, 5.74) is 5.66. The maximum Gasteiger partial charge on any atom is 0.256 e. The van der Waals surface area contributed by atoms with Crippen molar-refractivity contribution in [2.75, 3.05) is 19.6 Å². The Morgan fingerprint density at radius 1 is 1.61 bits per heavy atom. The van der Waals surface area contributed by atoms with Crippen LogP contribution in [-0.2, 0) is 0 Å². The average molecular weight is 271 g/mol. The summed E-state index contributed by atoms with van der Waals surface area (Å²) in [6.45, 7) is 3.73. The second kappa shape index (κ2) is 4.86. The first kappa shape index (κ1) is 13.3. The Labute approximate surface area is 111 Å². The Morgan fingerprint density at radius 3 is 2.94 bits per heavy atom. The molecule has 1 aromatic carbocycles. The fourth-order valence-electron chi connectivity index (χ4n) is 2.20. The van der Waals surface area contributed by atoms with E-state index in [0.717, 1.165) is 6.42 Å². The Hall–Kier alpha value is -1.13. The number of carbonyl (C=O) groups excluding carboxylic acids is 1. The molecule has 18 heavy (non-hydrogen) atoms. The van der Waals surface area contributed by atoms with Gasteiger partial charge >= 0.3 is 0 Å². The lowest BCUT2D eigenvalue weighted by Gasteiger charge is -2.22. The van der Waals surface area contributed by atoms with Crippen molar-refractivity contribution in [2.24, 2.45) is 11.1 Å². The van der Waals surface area contributed by atoms with Gasteiger partial charge in [0.2, 0.25) is 0 Å². The summed E-state index contributed by atoms with van der Waals surface area (Å²) in [4.78, 5) is 13.9. The highest BCUT2D eigenvalue weighted by Gasteiger charge is 2.35. The molecule has 98 valence electrons. The number of likely N-dealkylation sites (tertiary alicyclic amines) is 1. The van der Waals surface area contributed by atoms with E-state index in [9.17, 15) is 9.18 Å². The third kappa shape index (κ3) is 2.49. The van der Waals surface area contributed by atoms with Gasteiger partial charge in [-0.3, -0.25) is 4.79 Å². The average Bonchev–Trinajstić information content (AvgIpc) is 2.75. The summed E-state index contributed by atoms with van der Waals surface area (Å²) >= 11 is 5.79. The molecule has 1 saturated heterocycles. The molecule has 2 N–H and O–H groups in total. The van der Waals surface area contributed by atoms with Crippen LogP contribution in [0.5, 0.6) is 0 Å². The minimum Gasteiger partial charge on any atom is -0.338 e. The van der Waals surface area contributed by atoms with Crippen LogP contribution in [0, 0.1) is 11.2 Å². The second-order valence-electron chi connectivity index (χ2n) is 5.12. The van der Waals surface area contributed by atoms with E-state index in [1.54, 1.807) is 4.90 Å². The van der Waals surface area contributed by atoms with Gasteiger partial charge in [-0.05, 0) is 36.6 Å². The molecule has 1 aliphatic rings. The Morgan fingerprint density at radius 2 is 2.33 bits per heavy atom. The molecule has 5 heteroatoms. The maximum absolute atomic E-state index is 13.6. The quantitative estimate of drug-likeness (QED) is 0.896. The number of benzene rings is 1. The van der Waals surface area contributed by atoms with E-state index in [2.05, 4.69) is 0 Å². The predicted octanol–water partition coefficient (Wildman–Crippen LogP) is 2.29. The normalized spacial score (nSPS) is 23.4. The lowest BCUT2D eigenvalue weighted by atomic mass is 9.90. The van der Waals surface area contributed by atoms with Crippen LogP contribution in [0.15, 0.2) is 18.2 Å². The van der Waals surface area contributed by atoms with Crippen LogP contribution in [0.2, 0.25) is 5.02 Å². The van der Waals surface area contributed by atoms with Crippen LogP contribution in [0.1, 0.15) is 23.7 Å². The maximum atomic E-state index is 13.6. The highest BCUT2D eigenvalue weighted by atomic mass is 35.5. The third-order valence-corrected chi connectivity index (χ3v) is 3.73. The first-order valence-electron chi connectivity index (χ1n) is 5.90. The van der Waals surface area contributed by atoms with Crippen LogP contribution < -0.4 is 5.73 Å². The third-order valence-electron chi connectivity index (χ3n) is 3.50. The van der Waals surface area contributed by atoms with Crippen molar-refractivity contribution in [2.45, 2.75) is 13.3 Å². The van der Waals surface area contributed by atoms with Crippen LogP contribution in [0.25, 0.3) is 0 Å². The zero-order valence-corrected chi connectivity index (χ0v) is 11.0. The summed E-state index contributed by atoms with van der Waals surface area (Å²) in [6.07, 6.45) is 0.845. The summed E-state index contributed by atoms with van der Waals surface area (Å²) in [5, 5.41) is 0.362. The largest absolute Gasteiger partial charge is 0.338 e. The highest BCUT2D eigenvalue weighted by molar-refractivity contribution is 6.31. The van der Waals surface area contributed by atoms with Gasteiger partial charge in [0.05, 0.1) is 5.56 Å². The summed E-state index contributed by atoms with van der Waals surface area (Å²) in [7, 11) is 0. The molecule has 0 saturated carbocycles. The van der Waals surface area contributed by atoms with E-state index in [4.69, 9.17) is 17.3 Å². The number of halogens is 2. The van der Waals surface area contributed by atoms with Crippen molar-refractivity contribution in [3.05, 3.63) is 34.6 Å².